The fraction of sp³-hybridized carbons (Fsp3) is 0.250. The first-order valence-electron chi connectivity index (χ1n) is 7.66. The van der Waals surface area contributed by atoms with Crippen LogP contribution in [0.2, 0.25) is 0 Å². The molecule has 0 aliphatic carbocycles. The number of imidazole rings is 1. The number of anilines is 1. The van der Waals surface area contributed by atoms with Crippen LogP contribution in [0, 0.1) is 0 Å². The van der Waals surface area contributed by atoms with Gasteiger partial charge in [-0.3, -0.25) is 4.68 Å². The maximum atomic E-state index is 4.54. The number of hydrogen-bond acceptors (Lipinski definition) is 6. The van der Waals surface area contributed by atoms with Crippen molar-refractivity contribution in [2.24, 2.45) is 7.05 Å². The fourth-order valence-electron chi connectivity index (χ4n) is 2.72. The molecule has 24 heavy (non-hydrogen) atoms. The molecule has 122 valence electrons. The molecule has 0 amide bonds. The molecule has 0 spiro atoms. The molecule has 4 heterocycles. The fourth-order valence-corrected chi connectivity index (χ4v) is 3.38. The first kappa shape index (κ1) is 14.8. The van der Waals surface area contributed by atoms with E-state index < -0.39 is 0 Å². The van der Waals surface area contributed by atoms with Gasteiger partial charge in [0.2, 0.25) is 0 Å². The Balaban J connectivity index is 1.67. The maximum absolute atomic E-state index is 4.54. The van der Waals surface area contributed by atoms with Gasteiger partial charge in [0, 0.05) is 39.1 Å². The lowest BCUT2D eigenvalue weighted by molar-refractivity contribution is 0.650. The molecular formula is C16H17N7S. The van der Waals surface area contributed by atoms with E-state index in [4.69, 9.17) is 0 Å². The van der Waals surface area contributed by atoms with Crippen LogP contribution in [0.15, 0.2) is 48.1 Å². The molecule has 0 atom stereocenters. The minimum absolute atomic E-state index is 0.805. The van der Waals surface area contributed by atoms with Crippen LogP contribution < -0.4 is 4.90 Å². The third-order valence-corrected chi connectivity index (χ3v) is 4.68. The normalized spacial score (nSPS) is 11.2. The molecule has 0 saturated heterocycles. The molecular weight excluding hydrogens is 322 g/mol. The molecule has 0 N–H and O–H groups in total. The van der Waals surface area contributed by atoms with E-state index in [-0.39, 0.29) is 0 Å². The lowest BCUT2D eigenvalue weighted by Crippen LogP contribution is -2.27. The van der Waals surface area contributed by atoms with Crippen LogP contribution in [0.1, 0.15) is 5.56 Å². The van der Waals surface area contributed by atoms with Crippen LogP contribution in [-0.2, 0) is 20.1 Å². The van der Waals surface area contributed by atoms with Crippen molar-refractivity contribution in [2.45, 2.75) is 13.1 Å². The van der Waals surface area contributed by atoms with Gasteiger partial charge in [0.15, 0.2) is 5.65 Å². The van der Waals surface area contributed by atoms with Gasteiger partial charge in [-0.1, -0.05) is 0 Å². The van der Waals surface area contributed by atoms with Crippen molar-refractivity contribution in [3.05, 3.63) is 53.6 Å². The summed E-state index contributed by atoms with van der Waals surface area (Å²) < 4.78 is 3.85. The van der Waals surface area contributed by atoms with Crippen molar-refractivity contribution in [1.82, 2.24) is 29.3 Å². The molecule has 0 bridgehead atoms. The number of nitrogens with zero attached hydrogens (tertiary/aromatic N) is 7. The summed E-state index contributed by atoms with van der Waals surface area (Å²) in [5.74, 6) is 0.916. The Bertz CT molecular complexity index is 911. The molecule has 4 aromatic heterocycles. The van der Waals surface area contributed by atoms with Crippen LogP contribution in [0.3, 0.4) is 0 Å². The Morgan fingerprint density at radius 2 is 2.25 bits per heavy atom. The summed E-state index contributed by atoms with van der Waals surface area (Å²) >= 11 is 1.71. The highest BCUT2D eigenvalue weighted by Crippen LogP contribution is 2.24. The SMILES string of the molecule is Cn1ncc2c(N(CCn3ccnc3)Cc3ccsc3)ncnc21. The second-order valence-corrected chi connectivity index (χ2v) is 6.34. The lowest BCUT2D eigenvalue weighted by atomic mass is 10.2. The van der Waals surface area contributed by atoms with Gasteiger partial charge in [-0.15, -0.1) is 0 Å². The summed E-state index contributed by atoms with van der Waals surface area (Å²) in [6, 6.07) is 2.15. The molecule has 0 unspecified atom stereocenters. The number of aromatic nitrogens is 6. The third kappa shape index (κ3) is 2.88. The molecule has 0 aromatic carbocycles. The van der Waals surface area contributed by atoms with Gasteiger partial charge >= 0.3 is 0 Å². The Morgan fingerprint density at radius 1 is 1.29 bits per heavy atom. The summed E-state index contributed by atoms with van der Waals surface area (Å²) in [6.45, 7) is 2.47. The molecule has 8 heteroatoms. The maximum Gasteiger partial charge on any atom is 0.163 e. The van der Waals surface area contributed by atoms with Crippen molar-refractivity contribution >= 4 is 28.2 Å². The lowest BCUT2D eigenvalue weighted by Gasteiger charge is -2.24. The van der Waals surface area contributed by atoms with E-state index >= 15 is 0 Å². The van der Waals surface area contributed by atoms with Crippen molar-refractivity contribution in [2.75, 3.05) is 11.4 Å². The summed E-state index contributed by atoms with van der Waals surface area (Å²) in [5.41, 5.74) is 2.12. The Labute approximate surface area is 143 Å². The highest BCUT2D eigenvalue weighted by molar-refractivity contribution is 7.07. The number of rotatable bonds is 6. The van der Waals surface area contributed by atoms with E-state index in [2.05, 4.69) is 46.3 Å². The zero-order chi connectivity index (χ0) is 16.4. The Hall–Kier alpha value is -2.74. The van der Waals surface area contributed by atoms with E-state index in [0.29, 0.717) is 0 Å². The quantitative estimate of drug-likeness (QED) is 0.539. The molecule has 4 rings (SSSR count). The molecule has 0 aliphatic heterocycles. The second-order valence-electron chi connectivity index (χ2n) is 5.56. The molecule has 7 nitrogen and oxygen atoms in total. The third-order valence-electron chi connectivity index (χ3n) is 3.95. The number of fused-ring (bicyclic) bond motifs is 1. The molecule has 4 aromatic rings. The highest BCUT2D eigenvalue weighted by Gasteiger charge is 2.15. The molecule has 0 saturated carbocycles. The van der Waals surface area contributed by atoms with E-state index in [1.807, 2.05) is 25.8 Å². The number of aryl methyl sites for hydroxylation is 1. The largest absolute Gasteiger partial charge is 0.350 e. The standard InChI is InChI=1S/C16H17N7S/c1-21-15-14(8-20-21)16(19-11-18-15)23(9-13-2-7-24-10-13)6-5-22-4-3-17-12-22/h2-4,7-8,10-12H,5-6,9H2,1H3. The monoisotopic (exact) mass is 339 g/mol. The minimum atomic E-state index is 0.805. The van der Waals surface area contributed by atoms with Crippen LogP contribution >= 0.6 is 11.3 Å². The second kappa shape index (κ2) is 6.40. The van der Waals surface area contributed by atoms with E-state index in [1.165, 1.54) is 5.56 Å². The van der Waals surface area contributed by atoms with Crippen LogP contribution in [0.25, 0.3) is 11.0 Å². The molecule has 0 radical (unpaired) electrons. The van der Waals surface area contributed by atoms with Crippen molar-refractivity contribution in [3.63, 3.8) is 0 Å². The topological polar surface area (TPSA) is 64.7 Å². The first-order chi connectivity index (χ1) is 11.8. The van der Waals surface area contributed by atoms with Gasteiger partial charge in [-0.2, -0.15) is 16.4 Å². The Kier molecular flexibility index (Phi) is 3.96. The van der Waals surface area contributed by atoms with E-state index in [9.17, 15) is 0 Å². The zero-order valence-corrected chi connectivity index (χ0v) is 14.1. The Morgan fingerprint density at radius 3 is 3.04 bits per heavy atom. The molecule has 0 fully saturated rings. The summed E-state index contributed by atoms with van der Waals surface area (Å²) in [5, 5.41) is 9.57. The van der Waals surface area contributed by atoms with Gasteiger partial charge < -0.3 is 9.47 Å². The van der Waals surface area contributed by atoms with Crippen molar-refractivity contribution in [1.29, 1.82) is 0 Å². The average Bonchev–Trinajstić information content (AvgIpc) is 3.34. The van der Waals surface area contributed by atoms with Gasteiger partial charge in [0.25, 0.3) is 0 Å². The minimum Gasteiger partial charge on any atom is -0.350 e. The average molecular weight is 339 g/mol. The van der Waals surface area contributed by atoms with Crippen molar-refractivity contribution < 1.29 is 0 Å². The smallest absolute Gasteiger partial charge is 0.163 e. The van der Waals surface area contributed by atoms with E-state index in [0.717, 1.165) is 36.5 Å². The van der Waals surface area contributed by atoms with Gasteiger partial charge in [0.05, 0.1) is 17.9 Å². The van der Waals surface area contributed by atoms with Crippen LogP contribution in [0.4, 0.5) is 5.82 Å². The summed E-state index contributed by atoms with van der Waals surface area (Å²) in [6.07, 6.45) is 9.05. The van der Waals surface area contributed by atoms with Crippen molar-refractivity contribution in [3.8, 4) is 0 Å². The van der Waals surface area contributed by atoms with Gasteiger partial charge in [-0.05, 0) is 22.4 Å². The number of thiophene rings is 1. The van der Waals surface area contributed by atoms with Crippen LogP contribution in [-0.4, -0.2) is 35.8 Å². The first-order valence-corrected chi connectivity index (χ1v) is 8.60. The predicted molar refractivity (Wildman–Crippen MR) is 93.9 cm³/mol. The summed E-state index contributed by atoms with van der Waals surface area (Å²) in [4.78, 5) is 15.3. The number of hydrogen-bond donors (Lipinski definition) is 0. The zero-order valence-electron chi connectivity index (χ0n) is 13.3. The van der Waals surface area contributed by atoms with Crippen LogP contribution in [0.5, 0.6) is 0 Å². The highest BCUT2D eigenvalue weighted by atomic mass is 32.1. The van der Waals surface area contributed by atoms with Gasteiger partial charge in [0.1, 0.15) is 12.1 Å². The van der Waals surface area contributed by atoms with Gasteiger partial charge in [-0.25, -0.2) is 15.0 Å². The molecule has 0 aliphatic rings. The predicted octanol–water partition coefficient (Wildman–Crippen LogP) is 2.33. The summed E-state index contributed by atoms with van der Waals surface area (Å²) in [7, 11) is 1.90. The van der Waals surface area contributed by atoms with E-state index in [1.54, 1.807) is 28.5 Å².